The van der Waals surface area contributed by atoms with Crippen molar-refractivity contribution in [3.05, 3.63) is 54.0 Å². The summed E-state index contributed by atoms with van der Waals surface area (Å²) in [6.45, 7) is 2.00. The highest BCUT2D eigenvalue weighted by molar-refractivity contribution is 5.97. The molecule has 146 valence electrons. The van der Waals surface area contributed by atoms with Crippen LogP contribution < -0.4 is 10.6 Å². The summed E-state index contributed by atoms with van der Waals surface area (Å²) in [6.07, 6.45) is 10.8. The third-order valence-corrected chi connectivity index (χ3v) is 6.04. The first-order valence-corrected chi connectivity index (χ1v) is 10.2. The molecule has 4 nitrogen and oxygen atoms in total. The van der Waals surface area contributed by atoms with E-state index < -0.39 is 0 Å². The van der Waals surface area contributed by atoms with Gasteiger partial charge in [-0.3, -0.25) is 9.97 Å². The van der Waals surface area contributed by atoms with Gasteiger partial charge in [0.15, 0.2) is 0 Å². The maximum Gasteiger partial charge on any atom is 0.0726 e. The van der Waals surface area contributed by atoms with E-state index in [1.807, 2.05) is 12.4 Å². The molecule has 0 spiro atoms. The minimum Gasteiger partial charge on any atom is -0.369 e. The number of fused-ring (bicyclic) bond motifs is 2. The molecule has 1 unspecified atom stereocenters. The van der Waals surface area contributed by atoms with Crippen molar-refractivity contribution in [2.75, 3.05) is 18.0 Å². The highest BCUT2D eigenvalue weighted by Crippen LogP contribution is 2.38. The van der Waals surface area contributed by atoms with Gasteiger partial charge in [0.25, 0.3) is 0 Å². The molecule has 1 atom stereocenters. The molecular weight excluding hydrogens is 368 g/mol. The number of nitrogens with two attached hydrogens (primary N) is 1. The number of anilines is 1. The molecule has 1 saturated heterocycles. The minimum atomic E-state index is 0. The van der Waals surface area contributed by atoms with E-state index in [9.17, 15) is 0 Å². The van der Waals surface area contributed by atoms with Crippen molar-refractivity contribution in [1.29, 1.82) is 0 Å². The molecule has 1 aliphatic heterocycles. The van der Waals surface area contributed by atoms with Crippen molar-refractivity contribution in [2.45, 2.75) is 44.6 Å². The van der Waals surface area contributed by atoms with Gasteiger partial charge in [-0.05, 0) is 73.1 Å². The second kappa shape index (κ2) is 8.06. The number of aryl methyl sites for hydroxylation is 1. The second-order valence-electron chi connectivity index (χ2n) is 7.91. The number of benzene rings is 1. The van der Waals surface area contributed by atoms with Crippen LogP contribution in [0.15, 0.2) is 42.7 Å². The lowest BCUT2D eigenvalue weighted by Crippen LogP contribution is -2.27. The van der Waals surface area contributed by atoms with Gasteiger partial charge in [-0.15, -0.1) is 12.4 Å². The fraction of sp³-hybridized carbons (Fsp3) is 0.391. The summed E-state index contributed by atoms with van der Waals surface area (Å²) < 4.78 is 0. The van der Waals surface area contributed by atoms with Gasteiger partial charge < -0.3 is 10.6 Å². The third kappa shape index (κ3) is 3.47. The number of hydrogen-bond acceptors (Lipinski definition) is 4. The summed E-state index contributed by atoms with van der Waals surface area (Å²) in [6, 6.07) is 11.1. The topological polar surface area (TPSA) is 55.0 Å². The van der Waals surface area contributed by atoms with Crippen LogP contribution in [0.2, 0.25) is 0 Å². The fourth-order valence-corrected chi connectivity index (χ4v) is 4.65. The van der Waals surface area contributed by atoms with Crippen LogP contribution in [0.3, 0.4) is 0 Å². The van der Waals surface area contributed by atoms with Gasteiger partial charge in [-0.1, -0.05) is 12.5 Å². The zero-order valence-corrected chi connectivity index (χ0v) is 16.9. The molecule has 1 fully saturated rings. The number of hydrogen-bond donors (Lipinski definition) is 1. The molecule has 0 bridgehead atoms. The van der Waals surface area contributed by atoms with Crippen molar-refractivity contribution in [1.82, 2.24) is 9.97 Å². The van der Waals surface area contributed by atoms with Gasteiger partial charge >= 0.3 is 0 Å². The zero-order chi connectivity index (χ0) is 18.2. The molecule has 2 N–H and O–H groups in total. The Bertz CT molecular complexity index is 973. The highest BCUT2D eigenvalue weighted by Gasteiger charge is 2.26. The summed E-state index contributed by atoms with van der Waals surface area (Å²) in [5.74, 6) is 0. The van der Waals surface area contributed by atoms with E-state index in [-0.39, 0.29) is 18.4 Å². The number of nitrogens with zero attached hydrogens (tertiary/aromatic N) is 3. The molecule has 2 aromatic heterocycles. The van der Waals surface area contributed by atoms with Crippen molar-refractivity contribution in [2.24, 2.45) is 5.73 Å². The standard InChI is InChI=1S/C23H26N4.ClH/c24-18-10-13-27(15-18)23-19-4-2-1-3-5-21(19)26-22-7-6-17(14-20(22)23)16-8-11-25-12-9-16;/h6-9,11-12,14,18H,1-5,10,13,15,24H2;1H. The molecular formula is C23H27ClN4. The average Bonchev–Trinajstić information content (AvgIpc) is 2.99. The SMILES string of the molecule is Cl.NC1CCN(c2c3c(nc4ccc(-c5ccncc5)cc24)CCCCC3)C1. The quantitative estimate of drug-likeness (QED) is 0.649. The smallest absolute Gasteiger partial charge is 0.0726 e. The molecule has 5 heteroatoms. The zero-order valence-electron chi connectivity index (χ0n) is 16.1. The van der Waals surface area contributed by atoms with Crippen molar-refractivity contribution >= 4 is 29.0 Å². The van der Waals surface area contributed by atoms with E-state index in [0.29, 0.717) is 0 Å². The summed E-state index contributed by atoms with van der Waals surface area (Å²) in [5.41, 5.74) is 14.0. The van der Waals surface area contributed by atoms with E-state index in [1.54, 1.807) is 0 Å². The lowest BCUT2D eigenvalue weighted by atomic mass is 9.98. The molecule has 1 aromatic carbocycles. The first-order chi connectivity index (χ1) is 13.3. The maximum atomic E-state index is 6.27. The Kier molecular flexibility index (Phi) is 5.51. The van der Waals surface area contributed by atoms with Crippen LogP contribution in [0.1, 0.15) is 36.9 Å². The number of rotatable bonds is 2. The summed E-state index contributed by atoms with van der Waals surface area (Å²) >= 11 is 0. The molecule has 3 aromatic rings. The van der Waals surface area contributed by atoms with Gasteiger partial charge in [-0.25, -0.2) is 0 Å². The summed E-state index contributed by atoms with van der Waals surface area (Å²) in [5, 5.41) is 1.28. The molecule has 0 radical (unpaired) electrons. The minimum absolute atomic E-state index is 0. The second-order valence-corrected chi connectivity index (χ2v) is 7.91. The molecule has 0 amide bonds. The molecule has 0 saturated carbocycles. The fourth-order valence-electron chi connectivity index (χ4n) is 4.65. The van der Waals surface area contributed by atoms with Crippen LogP contribution in [-0.2, 0) is 12.8 Å². The van der Waals surface area contributed by atoms with Crippen LogP contribution in [0, 0.1) is 0 Å². The van der Waals surface area contributed by atoms with Crippen LogP contribution in [0.25, 0.3) is 22.0 Å². The summed E-state index contributed by atoms with van der Waals surface area (Å²) in [7, 11) is 0. The molecule has 1 aliphatic carbocycles. The molecule has 5 rings (SSSR count). The normalized spacial score (nSPS) is 19.2. The highest BCUT2D eigenvalue weighted by atomic mass is 35.5. The number of aromatic nitrogens is 2. The predicted molar refractivity (Wildman–Crippen MR) is 118 cm³/mol. The molecule has 3 heterocycles. The van der Waals surface area contributed by atoms with Crippen LogP contribution in [0.5, 0.6) is 0 Å². The average molecular weight is 395 g/mol. The largest absolute Gasteiger partial charge is 0.369 e. The van der Waals surface area contributed by atoms with E-state index in [0.717, 1.165) is 37.9 Å². The Morgan fingerprint density at radius 2 is 1.79 bits per heavy atom. The van der Waals surface area contributed by atoms with Gasteiger partial charge in [0.2, 0.25) is 0 Å². The predicted octanol–water partition coefficient (Wildman–Crippen LogP) is 4.52. The number of halogens is 1. The van der Waals surface area contributed by atoms with Gasteiger partial charge in [0.1, 0.15) is 0 Å². The number of pyridine rings is 2. The Hall–Kier alpha value is -2.17. The Balaban J connectivity index is 0.00000192. The molecule has 28 heavy (non-hydrogen) atoms. The van der Waals surface area contributed by atoms with E-state index in [2.05, 4.69) is 40.2 Å². The third-order valence-electron chi connectivity index (χ3n) is 6.04. The summed E-state index contributed by atoms with van der Waals surface area (Å²) in [4.78, 5) is 11.8. The van der Waals surface area contributed by atoms with Gasteiger partial charge in [0.05, 0.1) is 11.2 Å². The van der Waals surface area contributed by atoms with Crippen LogP contribution >= 0.6 is 12.4 Å². The Morgan fingerprint density at radius 3 is 2.57 bits per heavy atom. The van der Waals surface area contributed by atoms with Crippen molar-refractivity contribution in [3.63, 3.8) is 0 Å². The van der Waals surface area contributed by atoms with E-state index in [1.165, 1.54) is 52.7 Å². The van der Waals surface area contributed by atoms with Crippen molar-refractivity contribution < 1.29 is 0 Å². The Morgan fingerprint density at radius 1 is 0.964 bits per heavy atom. The van der Waals surface area contributed by atoms with Crippen LogP contribution in [-0.4, -0.2) is 29.1 Å². The first kappa shape index (κ1) is 19.2. The Labute approximate surface area is 172 Å². The van der Waals surface area contributed by atoms with E-state index in [4.69, 9.17) is 10.7 Å². The maximum absolute atomic E-state index is 6.27. The van der Waals surface area contributed by atoms with Gasteiger partial charge in [0, 0.05) is 42.6 Å². The monoisotopic (exact) mass is 394 g/mol. The van der Waals surface area contributed by atoms with Crippen molar-refractivity contribution in [3.8, 4) is 11.1 Å². The van der Waals surface area contributed by atoms with E-state index >= 15 is 0 Å². The van der Waals surface area contributed by atoms with Gasteiger partial charge in [-0.2, -0.15) is 0 Å². The lowest BCUT2D eigenvalue weighted by Gasteiger charge is -2.25. The van der Waals surface area contributed by atoms with Crippen LogP contribution in [0.4, 0.5) is 5.69 Å². The first-order valence-electron chi connectivity index (χ1n) is 10.2. The lowest BCUT2D eigenvalue weighted by molar-refractivity contribution is 0.708. The molecule has 2 aliphatic rings.